The van der Waals surface area contributed by atoms with Gasteiger partial charge in [-0.1, -0.05) is 30.3 Å². The van der Waals surface area contributed by atoms with Crippen LogP contribution in [-0.4, -0.2) is 5.11 Å². The number of halogens is 1. The molecule has 0 aliphatic heterocycles. The number of benzene rings is 2. The molecule has 0 aliphatic rings. The minimum Gasteiger partial charge on any atom is -0.388 e. The van der Waals surface area contributed by atoms with Gasteiger partial charge in [0.05, 0.1) is 6.10 Å². The molecule has 0 radical (unpaired) electrons. The Bertz CT molecular complexity index is 691. The van der Waals surface area contributed by atoms with E-state index in [0.717, 1.165) is 16.5 Å². The van der Waals surface area contributed by atoms with E-state index in [0.29, 0.717) is 11.8 Å². The van der Waals surface area contributed by atoms with E-state index < -0.39 is 6.10 Å². The Hall–Kier alpha value is -1.71. The number of hydrogen-bond acceptors (Lipinski definition) is 2. The highest BCUT2D eigenvalue weighted by Gasteiger charge is 2.13. The monoisotopic (exact) mass is 272 g/mol. The zero-order valence-corrected chi connectivity index (χ0v) is 11.0. The van der Waals surface area contributed by atoms with E-state index in [1.54, 1.807) is 29.5 Å². The summed E-state index contributed by atoms with van der Waals surface area (Å²) in [7, 11) is 0. The molecule has 1 N–H and O–H groups in total. The fourth-order valence-electron chi connectivity index (χ4n) is 2.32. The zero-order chi connectivity index (χ0) is 13.2. The molecule has 1 heterocycles. The van der Waals surface area contributed by atoms with Gasteiger partial charge in [0, 0.05) is 11.8 Å². The van der Waals surface area contributed by atoms with Gasteiger partial charge in [-0.3, -0.25) is 0 Å². The zero-order valence-electron chi connectivity index (χ0n) is 10.2. The minimum absolute atomic E-state index is 0.248. The molecule has 2 aromatic carbocycles. The van der Waals surface area contributed by atoms with Gasteiger partial charge in [0.2, 0.25) is 0 Å². The molecule has 0 bridgehead atoms. The lowest BCUT2D eigenvalue weighted by molar-refractivity contribution is 0.180. The first-order valence-corrected chi connectivity index (χ1v) is 7.06. The molecule has 3 heteroatoms. The van der Waals surface area contributed by atoms with Crippen LogP contribution in [-0.2, 0) is 6.42 Å². The van der Waals surface area contributed by atoms with Crippen molar-refractivity contribution in [2.24, 2.45) is 0 Å². The van der Waals surface area contributed by atoms with Crippen LogP contribution in [0.4, 0.5) is 4.39 Å². The van der Waals surface area contributed by atoms with Crippen LogP contribution in [0.25, 0.3) is 10.8 Å². The molecular formula is C16H13FOS. The van der Waals surface area contributed by atoms with Gasteiger partial charge < -0.3 is 5.11 Å². The first-order valence-electron chi connectivity index (χ1n) is 6.12. The van der Waals surface area contributed by atoms with E-state index in [-0.39, 0.29) is 5.82 Å². The second-order valence-electron chi connectivity index (χ2n) is 4.53. The Morgan fingerprint density at radius 3 is 2.58 bits per heavy atom. The maximum absolute atomic E-state index is 13.7. The van der Waals surface area contributed by atoms with E-state index in [4.69, 9.17) is 0 Å². The molecule has 0 aliphatic carbocycles. The average Bonchev–Trinajstić information content (AvgIpc) is 2.92. The van der Waals surface area contributed by atoms with Crippen molar-refractivity contribution in [3.8, 4) is 0 Å². The summed E-state index contributed by atoms with van der Waals surface area (Å²) in [6.45, 7) is 0. The van der Waals surface area contributed by atoms with Gasteiger partial charge in [-0.05, 0) is 39.4 Å². The normalized spacial score (nSPS) is 12.7. The molecule has 0 amide bonds. The summed E-state index contributed by atoms with van der Waals surface area (Å²) in [6, 6.07) is 12.4. The molecule has 1 unspecified atom stereocenters. The first-order chi connectivity index (χ1) is 9.25. The van der Waals surface area contributed by atoms with Crippen LogP contribution in [0, 0.1) is 5.82 Å². The van der Waals surface area contributed by atoms with E-state index in [2.05, 4.69) is 0 Å². The number of rotatable bonds is 3. The number of aliphatic hydroxyl groups is 1. The quantitative estimate of drug-likeness (QED) is 0.753. The van der Waals surface area contributed by atoms with Crippen LogP contribution in [0.15, 0.2) is 53.2 Å². The highest BCUT2D eigenvalue weighted by atomic mass is 32.1. The highest BCUT2D eigenvalue weighted by molar-refractivity contribution is 7.07. The van der Waals surface area contributed by atoms with Gasteiger partial charge in [-0.15, -0.1) is 0 Å². The van der Waals surface area contributed by atoms with Crippen molar-refractivity contribution >= 4 is 22.1 Å². The van der Waals surface area contributed by atoms with Crippen molar-refractivity contribution in [3.63, 3.8) is 0 Å². The number of aliphatic hydroxyl groups excluding tert-OH is 1. The minimum atomic E-state index is -0.611. The van der Waals surface area contributed by atoms with E-state index >= 15 is 0 Å². The van der Waals surface area contributed by atoms with E-state index in [9.17, 15) is 9.50 Å². The fourth-order valence-corrected chi connectivity index (χ4v) is 3.00. The molecule has 19 heavy (non-hydrogen) atoms. The first kappa shape index (κ1) is 12.3. The smallest absolute Gasteiger partial charge is 0.131 e. The molecule has 3 rings (SSSR count). The van der Waals surface area contributed by atoms with Crippen molar-refractivity contribution < 1.29 is 9.50 Å². The number of hydrogen-bond donors (Lipinski definition) is 1. The van der Waals surface area contributed by atoms with Crippen molar-refractivity contribution in [1.29, 1.82) is 0 Å². The van der Waals surface area contributed by atoms with Crippen LogP contribution >= 0.6 is 11.3 Å². The maximum atomic E-state index is 13.7. The van der Waals surface area contributed by atoms with Crippen molar-refractivity contribution in [2.75, 3.05) is 0 Å². The van der Waals surface area contributed by atoms with E-state index in [1.807, 2.05) is 29.0 Å². The molecule has 3 aromatic rings. The fraction of sp³-hybridized carbons (Fsp3) is 0.125. The molecule has 1 aromatic heterocycles. The Balaban J connectivity index is 2.03. The third kappa shape index (κ3) is 2.39. The Kier molecular flexibility index (Phi) is 3.32. The molecule has 0 saturated carbocycles. The van der Waals surface area contributed by atoms with Crippen LogP contribution in [0.3, 0.4) is 0 Å². The van der Waals surface area contributed by atoms with Crippen LogP contribution in [0.1, 0.15) is 17.2 Å². The summed E-state index contributed by atoms with van der Waals surface area (Å²) in [5.41, 5.74) is 1.88. The van der Waals surface area contributed by atoms with Gasteiger partial charge in [0.15, 0.2) is 0 Å². The number of fused-ring (bicyclic) bond motifs is 1. The van der Waals surface area contributed by atoms with Gasteiger partial charge >= 0.3 is 0 Å². The molecule has 1 atom stereocenters. The summed E-state index contributed by atoms with van der Waals surface area (Å²) in [5.74, 6) is -0.248. The number of thiophene rings is 1. The third-order valence-electron chi connectivity index (χ3n) is 3.27. The van der Waals surface area contributed by atoms with Gasteiger partial charge in [-0.25, -0.2) is 4.39 Å². The van der Waals surface area contributed by atoms with Crippen molar-refractivity contribution in [2.45, 2.75) is 12.5 Å². The van der Waals surface area contributed by atoms with Gasteiger partial charge in [-0.2, -0.15) is 11.3 Å². The summed E-state index contributed by atoms with van der Waals surface area (Å²) in [5, 5.41) is 15.7. The summed E-state index contributed by atoms with van der Waals surface area (Å²) >= 11 is 1.61. The average molecular weight is 272 g/mol. The van der Waals surface area contributed by atoms with E-state index in [1.165, 1.54) is 6.07 Å². The SMILES string of the molecule is OC(Cc1ccsc1)c1ccc(F)c2ccccc12. The third-order valence-corrected chi connectivity index (χ3v) is 4.00. The van der Waals surface area contributed by atoms with Crippen molar-refractivity contribution in [1.82, 2.24) is 0 Å². The summed E-state index contributed by atoms with van der Waals surface area (Å²) < 4.78 is 13.7. The lowest BCUT2D eigenvalue weighted by atomic mass is 9.97. The topological polar surface area (TPSA) is 20.2 Å². The molecular weight excluding hydrogens is 259 g/mol. The molecule has 0 fully saturated rings. The predicted molar refractivity (Wildman–Crippen MR) is 76.9 cm³/mol. The molecule has 96 valence electrons. The van der Waals surface area contributed by atoms with Gasteiger partial charge in [0.25, 0.3) is 0 Å². The lowest BCUT2D eigenvalue weighted by Gasteiger charge is -2.13. The largest absolute Gasteiger partial charge is 0.388 e. The Morgan fingerprint density at radius 2 is 1.84 bits per heavy atom. The summed E-state index contributed by atoms with van der Waals surface area (Å²) in [6.07, 6.45) is -0.0563. The van der Waals surface area contributed by atoms with Crippen molar-refractivity contribution in [3.05, 3.63) is 70.2 Å². The molecule has 0 spiro atoms. The Labute approximate surface area is 115 Å². The Morgan fingerprint density at radius 1 is 1.05 bits per heavy atom. The standard InChI is InChI=1S/C16H13FOS/c17-15-6-5-14(12-3-1-2-4-13(12)15)16(18)9-11-7-8-19-10-11/h1-8,10,16,18H,9H2. The highest BCUT2D eigenvalue weighted by Crippen LogP contribution is 2.28. The molecule has 0 saturated heterocycles. The summed E-state index contributed by atoms with van der Waals surface area (Å²) in [4.78, 5) is 0. The second-order valence-corrected chi connectivity index (χ2v) is 5.31. The second kappa shape index (κ2) is 5.11. The van der Waals surface area contributed by atoms with Gasteiger partial charge in [0.1, 0.15) is 5.82 Å². The lowest BCUT2D eigenvalue weighted by Crippen LogP contribution is -2.02. The van der Waals surface area contributed by atoms with Crippen LogP contribution in [0.2, 0.25) is 0 Å². The van der Waals surface area contributed by atoms with Crippen LogP contribution in [0.5, 0.6) is 0 Å². The maximum Gasteiger partial charge on any atom is 0.131 e. The molecule has 1 nitrogen and oxygen atoms in total. The predicted octanol–water partition coefficient (Wildman–Crippen LogP) is 4.32. The van der Waals surface area contributed by atoms with Crippen LogP contribution < -0.4 is 0 Å².